The largest absolute Gasteiger partial charge is 0.352 e. The third-order valence-corrected chi connectivity index (χ3v) is 4.93. The molecular formula is C24H30Cl2N2O5. The van der Waals surface area contributed by atoms with Crippen molar-refractivity contribution in [3.8, 4) is 0 Å². The number of aryl methyl sites for hydroxylation is 2. The SMILES string of the molecule is CCOC(CC(=O)Nc1c(C)cccc1Cl)OCC.Cc1cccc(Cl)c1NC(=O)CC=O. The Morgan fingerprint density at radius 3 is 1.73 bits per heavy atom. The van der Waals surface area contributed by atoms with E-state index in [1.165, 1.54) is 0 Å². The second-order valence-electron chi connectivity index (χ2n) is 6.87. The second kappa shape index (κ2) is 15.4. The minimum Gasteiger partial charge on any atom is -0.352 e. The molecule has 2 amide bonds. The summed E-state index contributed by atoms with van der Waals surface area (Å²) in [5, 5.41) is 6.37. The monoisotopic (exact) mass is 496 g/mol. The van der Waals surface area contributed by atoms with E-state index in [-0.39, 0.29) is 24.7 Å². The van der Waals surface area contributed by atoms with Gasteiger partial charge in [-0.05, 0) is 51.0 Å². The van der Waals surface area contributed by atoms with Gasteiger partial charge in [0.05, 0.1) is 34.3 Å². The number of halogens is 2. The summed E-state index contributed by atoms with van der Waals surface area (Å²) in [6.45, 7) is 8.46. The normalized spacial score (nSPS) is 10.3. The van der Waals surface area contributed by atoms with Crippen LogP contribution in [0.1, 0.15) is 37.8 Å². The Bertz CT molecular complexity index is 891. The number of rotatable bonds is 10. The van der Waals surface area contributed by atoms with Crippen molar-refractivity contribution in [1.29, 1.82) is 0 Å². The number of aldehydes is 1. The highest BCUT2D eigenvalue weighted by atomic mass is 35.5. The lowest BCUT2D eigenvalue weighted by molar-refractivity contribution is -0.150. The molecule has 7 nitrogen and oxygen atoms in total. The van der Waals surface area contributed by atoms with Crippen molar-refractivity contribution in [3.63, 3.8) is 0 Å². The van der Waals surface area contributed by atoms with E-state index in [1.54, 1.807) is 18.2 Å². The van der Waals surface area contributed by atoms with Gasteiger partial charge in [0.2, 0.25) is 11.8 Å². The fraction of sp³-hybridized carbons (Fsp3) is 0.375. The summed E-state index contributed by atoms with van der Waals surface area (Å²) >= 11 is 11.9. The number of nitrogens with one attached hydrogen (secondary N) is 2. The number of amides is 2. The fourth-order valence-electron chi connectivity index (χ4n) is 2.73. The number of benzene rings is 2. The molecule has 33 heavy (non-hydrogen) atoms. The zero-order valence-corrected chi connectivity index (χ0v) is 20.8. The van der Waals surface area contributed by atoms with E-state index in [4.69, 9.17) is 32.7 Å². The molecule has 0 heterocycles. The molecule has 0 saturated heterocycles. The summed E-state index contributed by atoms with van der Waals surface area (Å²) in [5.41, 5.74) is 3.00. The lowest BCUT2D eigenvalue weighted by atomic mass is 10.2. The van der Waals surface area contributed by atoms with Crippen molar-refractivity contribution in [2.75, 3.05) is 23.8 Å². The van der Waals surface area contributed by atoms with Crippen molar-refractivity contribution in [2.45, 2.75) is 46.8 Å². The Morgan fingerprint density at radius 1 is 0.879 bits per heavy atom. The first kappa shape index (κ1) is 28.6. The van der Waals surface area contributed by atoms with Gasteiger partial charge in [-0.1, -0.05) is 47.5 Å². The Labute approximate surface area is 204 Å². The van der Waals surface area contributed by atoms with Gasteiger partial charge < -0.3 is 24.9 Å². The number of hydrogen-bond donors (Lipinski definition) is 2. The van der Waals surface area contributed by atoms with Gasteiger partial charge in [0, 0.05) is 13.2 Å². The third-order valence-electron chi connectivity index (χ3n) is 4.30. The van der Waals surface area contributed by atoms with Crippen LogP contribution in [0, 0.1) is 13.8 Å². The topological polar surface area (TPSA) is 93.7 Å². The zero-order chi connectivity index (χ0) is 24.8. The molecule has 0 aliphatic rings. The molecule has 2 aromatic carbocycles. The van der Waals surface area contributed by atoms with Gasteiger partial charge in [0.1, 0.15) is 6.29 Å². The number of hydrogen-bond acceptors (Lipinski definition) is 5. The Kier molecular flexibility index (Phi) is 13.3. The van der Waals surface area contributed by atoms with E-state index in [0.29, 0.717) is 40.9 Å². The summed E-state index contributed by atoms with van der Waals surface area (Å²) in [6.07, 6.45) is 0.0382. The summed E-state index contributed by atoms with van der Waals surface area (Å²) in [4.78, 5) is 33.1. The molecule has 0 fully saturated rings. The third kappa shape index (κ3) is 10.4. The van der Waals surface area contributed by atoms with E-state index >= 15 is 0 Å². The molecule has 0 bridgehead atoms. The predicted molar refractivity (Wildman–Crippen MR) is 132 cm³/mol. The number of para-hydroxylation sites is 2. The molecule has 2 rings (SSSR count). The van der Waals surface area contributed by atoms with Crippen molar-refractivity contribution in [1.82, 2.24) is 0 Å². The Morgan fingerprint density at radius 2 is 1.33 bits per heavy atom. The number of ether oxygens (including phenoxy) is 2. The number of carbonyl (C=O) groups is 3. The summed E-state index contributed by atoms with van der Waals surface area (Å²) in [6, 6.07) is 10.8. The standard InChI is InChI=1S/C14H20ClNO3.C10H10ClNO2/c1-4-18-13(19-5-2)9-12(17)16-14-10(3)7-6-8-11(14)15;1-7-3-2-4-8(11)10(7)12-9(14)5-6-13/h6-8,13H,4-5,9H2,1-3H3,(H,16,17);2-4,6H,5H2,1H3,(H,12,14). The van der Waals surface area contributed by atoms with E-state index in [0.717, 1.165) is 11.1 Å². The van der Waals surface area contributed by atoms with Crippen LogP contribution in [0.3, 0.4) is 0 Å². The van der Waals surface area contributed by atoms with Gasteiger partial charge >= 0.3 is 0 Å². The maximum atomic E-state index is 11.9. The molecule has 2 aromatic rings. The van der Waals surface area contributed by atoms with Crippen LogP contribution in [0.2, 0.25) is 10.0 Å². The zero-order valence-electron chi connectivity index (χ0n) is 19.2. The van der Waals surface area contributed by atoms with E-state index in [1.807, 2.05) is 45.9 Å². The van der Waals surface area contributed by atoms with Gasteiger partial charge in [0.15, 0.2) is 6.29 Å². The van der Waals surface area contributed by atoms with E-state index in [2.05, 4.69) is 10.6 Å². The van der Waals surface area contributed by atoms with Crippen molar-refractivity contribution < 1.29 is 23.9 Å². The lowest BCUT2D eigenvalue weighted by Gasteiger charge is -2.17. The number of anilines is 2. The van der Waals surface area contributed by atoms with Gasteiger partial charge in [-0.15, -0.1) is 0 Å². The molecule has 0 aliphatic heterocycles. The highest BCUT2D eigenvalue weighted by Gasteiger charge is 2.15. The van der Waals surface area contributed by atoms with Crippen LogP contribution >= 0.6 is 23.2 Å². The second-order valence-corrected chi connectivity index (χ2v) is 7.69. The van der Waals surface area contributed by atoms with Crippen LogP contribution in [-0.4, -0.2) is 37.6 Å². The average Bonchev–Trinajstić information content (AvgIpc) is 2.75. The molecule has 9 heteroatoms. The van der Waals surface area contributed by atoms with Gasteiger partial charge in [-0.2, -0.15) is 0 Å². The fourth-order valence-corrected chi connectivity index (χ4v) is 3.26. The van der Waals surface area contributed by atoms with Crippen molar-refractivity contribution in [3.05, 3.63) is 57.6 Å². The lowest BCUT2D eigenvalue weighted by Crippen LogP contribution is -2.25. The van der Waals surface area contributed by atoms with E-state index in [9.17, 15) is 14.4 Å². The van der Waals surface area contributed by atoms with Crippen LogP contribution < -0.4 is 10.6 Å². The van der Waals surface area contributed by atoms with Crippen LogP contribution in [0.25, 0.3) is 0 Å². The maximum absolute atomic E-state index is 11.9. The summed E-state index contributed by atoms with van der Waals surface area (Å²) in [5.74, 6) is -0.528. The number of carbonyl (C=O) groups excluding carboxylic acids is 3. The van der Waals surface area contributed by atoms with Gasteiger partial charge in [-0.3, -0.25) is 9.59 Å². The predicted octanol–water partition coefficient (Wildman–Crippen LogP) is 5.55. The minimum absolute atomic E-state index is 0.145. The van der Waals surface area contributed by atoms with Crippen LogP contribution in [0.5, 0.6) is 0 Å². The Balaban J connectivity index is 0.000000346. The molecule has 180 valence electrons. The highest BCUT2D eigenvalue weighted by Crippen LogP contribution is 2.26. The summed E-state index contributed by atoms with van der Waals surface area (Å²) in [7, 11) is 0. The smallest absolute Gasteiger partial charge is 0.231 e. The summed E-state index contributed by atoms with van der Waals surface area (Å²) < 4.78 is 10.7. The van der Waals surface area contributed by atoms with E-state index < -0.39 is 6.29 Å². The molecule has 0 atom stereocenters. The molecule has 0 aliphatic carbocycles. The Hall–Kier alpha value is -2.45. The van der Waals surface area contributed by atoms with Crippen molar-refractivity contribution in [2.24, 2.45) is 0 Å². The van der Waals surface area contributed by atoms with Crippen LogP contribution in [0.4, 0.5) is 11.4 Å². The molecule has 0 saturated carbocycles. The molecule has 2 N–H and O–H groups in total. The quantitative estimate of drug-likeness (QED) is 0.255. The van der Waals surface area contributed by atoms with Gasteiger partial charge in [-0.25, -0.2) is 0 Å². The average molecular weight is 497 g/mol. The highest BCUT2D eigenvalue weighted by molar-refractivity contribution is 6.34. The first-order chi connectivity index (χ1) is 15.7. The molecular weight excluding hydrogens is 467 g/mol. The first-order valence-corrected chi connectivity index (χ1v) is 11.3. The van der Waals surface area contributed by atoms with Crippen LogP contribution in [0.15, 0.2) is 36.4 Å². The first-order valence-electron chi connectivity index (χ1n) is 10.5. The molecule has 0 aromatic heterocycles. The van der Waals surface area contributed by atoms with Crippen LogP contribution in [-0.2, 0) is 23.9 Å². The minimum atomic E-state index is -0.516. The van der Waals surface area contributed by atoms with Crippen molar-refractivity contribution >= 4 is 52.7 Å². The van der Waals surface area contributed by atoms with Gasteiger partial charge in [0.25, 0.3) is 0 Å². The molecule has 0 radical (unpaired) electrons. The maximum Gasteiger partial charge on any atom is 0.231 e. The molecule has 0 spiro atoms. The molecule has 0 unspecified atom stereocenters.